The van der Waals surface area contributed by atoms with Crippen LogP contribution in [0.25, 0.3) is 0 Å². The minimum absolute atomic E-state index is 0.284. The predicted molar refractivity (Wildman–Crippen MR) is 105 cm³/mol. The highest BCUT2D eigenvalue weighted by Crippen LogP contribution is 2.28. The van der Waals surface area contributed by atoms with Crippen LogP contribution in [0.5, 0.6) is 0 Å². The molecule has 0 aliphatic heterocycles. The van der Waals surface area contributed by atoms with Crippen molar-refractivity contribution in [1.82, 2.24) is 0 Å². The van der Waals surface area contributed by atoms with Crippen LogP contribution in [-0.2, 0) is 8.85 Å². The average Bonchev–Trinajstić information content (AvgIpc) is 2.45. The van der Waals surface area contributed by atoms with Gasteiger partial charge in [-0.3, -0.25) is 0 Å². The lowest BCUT2D eigenvalue weighted by atomic mass is 10.2. The molecular formula is C20H44O2Si. The summed E-state index contributed by atoms with van der Waals surface area (Å²) in [5, 5.41) is 0. The van der Waals surface area contributed by atoms with Crippen molar-refractivity contribution in [3.8, 4) is 0 Å². The maximum atomic E-state index is 6.48. The quantitative estimate of drug-likeness (QED) is 0.217. The first-order chi connectivity index (χ1) is 11.0. The van der Waals surface area contributed by atoms with E-state index in [2.05, 4.69) is 41.5 Å². The molecular weight excluding hydrogens is 300 g/mol. The molecule has 0 saturated heterocycles. The number of hydrogen-bond donors (Lipinski definition) is 0. The zero-order valence-electron chi connectivity index (χ0n) is 17.0. The molecule has 0 aromatic heterocycles. The second kappa shape index (κ2) is 14.5. The number of rotatable bonds is 16. The van der Waals surface area contributed by atoms with Gasteiger partial charge in [-0.05, 0) is 39.8 Å². The van der Waals surface area contributed by atoms with Crippen molar-refractivity contribution < 1.29 is 8.85 Å². The lowest BCUT2D eigenvalue weighted by molar-refractivity contribution is 0.103. The van der Waals surface area contributed by atoms with Gasteiger partial charge >= 0.3 is 8.56 Å². The Bertz CT molecular complexity index is 228. The largest absolute Gasteiger partial charge is 0.392 e. The maximum absolute atomic E-state index is 6.48. The molecule has 2 nitrogen and oxygen atoms in total. The van der Waals surface area contributed by atoms with Crippen LogP contribution in [-0.4, -0.2) is 20.8 Å². The first kappa shape index (κ1) is 23.1. The summed E-state index contributed by atoms with van der Waals surface area (Å²) in [5.74, 6) is 0. The minimum Gasteiger partial charge on any atom is -0.392 e. The van der Waals surface area contributed by atoms with Gasteiger partial charge in [-0.1, -0.05) is 78.1 Å². The van der Waals surface area contributed by atoms with E-state index in [1.165, 1.54) is 76.3 Å². The SMILES string of the molecule is CCCCCCC[Si](CCCCCCC)(OC(C)C)OC(C)C. The third kappa shape index (κ3) is 13.1. The molecule has 0 atom stereocenters. The molecule has 140 valence electrons. The summed E-state index contributed by atoms with van der Waals surface area (Å²) < 4.78 is 13.0. The molecule has 0 N–H and O–H groups in total. The van der Waals surface area contributed by atoms with Crippen LogP contribution in [0.4, 0.5) is 0 Å². The third-order valence-electron chi connectivity index (χ3n) is 4.22. The van der Waals surface area contributed by atoms with Gasteiger partial charge in [0.05, 0.1) is 0 Å². The summed E-state index contributed by atoms with van der Waals surface area (Å²) >= 11 is 0. The van der Waals surface area contributed by atoms with Gasteiger partial charge in [0.1, 0.15) is 0 Å². The predicted octanol–water partition coefficient (Wildman–Crippen LogP) is 7.22. The molecule has 0 rings (SSSR count). The molecule has 0 amide bonds. The molecule has 0 spiro atoms. The van der Waals surface area contributed by atoms with Crippen molar-refractivity contribution in [2.24, 2.45) is 0 Å². The molecule has 0 bridgehead atoms. The van der Waals surface area contributed by atoms with Gasteiger partial charge in [-0.2, -0.15) is 0 Å². The van der Waals surface area contributed by atoms with Crippen LogP contribution in [0, 0.1) is 0 Å². The van der Waals surface area contributed by atoms with Crippen LogP contribution in [0.2, 0.25) is 12.1 Å². The van der Waals surface area contributed by atoms with E-state index in [-0.39, 0.29) is 12.2 Å². The van der Waals surface area contributed by atoms with Crippen molar-refractivity contribution in [3.63, 3.8) is 0 Å². The molecule has 0 aliphatic carbocycles. The van der Waals surface area contributed by atoms with Gasteiger partial charge in [0.15, 0.2) is 0 Å². The van der Waals surface area contributed by atoms with Crippen LogP contribution in [0.15, 0.2) is 0 Å². The van der Waals surface area contributed by atoms with Gasteiger partial charge in [0.25, 0.3) is 0 Å². The summed E-state index contributed by atoms with van der Waals surface area (Å²) in [6.45, 7) is 13.2. The fourth-order valence-corrected chi connectivity index (χ4v) is 7.32. The fourth-order valence-electron chi connectivity index (χ4n) is 3.24. The fraction of sp³-hybridized carbons (Fsp3) is 1.00. The molecule has 0 fully saturated rings. The molecule has 0 saturated carbocycles. The van der Waals surface area contributed by atoms with E-state index in [0.29, 0.717) is 0 Å². The van der Waals surface area contributed by atoms with Crippen LogP contribution >= 0.6 is 0 Å². The number of unbranched alkanes of at least 4 members (excludes halogenated alkanes) is 8. The van der Waals surface area contributed by atoms with E-state index in [9.17, 15) is 0 Å². The minimum atomic E-state index is -2.04. The van der Waals surface area contributed by atoms with Crippen LogP contribution in [0.1, 0.15) is 106 Å². The summed E-state index contributed by atoms with van der Waals surface area (Å²) in [7, 11) is -2.04. The van der Waals surface area contributed by atoms with E-state index in [4.69, 9.17) is 8.85 Å². The van der Waals surface area contributed by atoms with E-state index >= 15 is 0 Å². The third-order valence-corrected chi connectivity index (χ3v) is 8.26. The number of hydrogen-bond acceptors (Lipinski definition) is 2. The standard InChI is InChI=1S/C20H44O2Si/c1-7-9-11-13-15-17-23(21-19(3)4,22-20(5)6)18-16-14-12-10-8-2/h19-20H,7-18H2,1-6H3. The lowest BCUT2D eigenvalue weighted by Gasteiger charge is -2.34. The van der Waals surface area contributed by atoms with Crippen LogP contribution in [0.3, 0.4) is 0 Å². The molecule has 23 heavy (non-hydrogen) atoms. The van der Waals surface area contributed by atoms with E-state index in [0.717, 1.165) is 0 Å². The zero-order valence-corrected chi connectivity index (χ0v) is 18.0. The maximum Gasteiger partial charge on any atom is 0.338 e. The lowest BCUT2D eigenvalue weighted by Crippen LogP contribution is -2.45. The van der Waals surface area contributed by atoms with Crippen molar-refractivity contribution in [2.45, 2.75) is 130 Å². The molecule has 0 unspecified atom stereocenters. The molecule has 0 radical (unpaired) electrons. The van der Waals surface area contributed by atoms with Crippen molar-refractivity contribution in [1.29, 1.82) is 0 Å². The van der Waals surface area contributed by atoms with Crippen molar-refractivity contribution in [2.75, 3.05) is 0 Å². The molecule has 0 aliphatic rings. The molecule has 0 heterocycles. The van der Waals surface area contributed by atoms with Gasteiger partial charge in [-0.25, -0.2) is 0 Å². The Labute approximate surface area is 148 Å². The molecule has 3 heteroatoms. The Morgan fingerprint density at radius 3 is 1.22 bits per heavy atom. The second-order valence-corrected chi connectivity index (χ2v) is 10.9. The summed E-state index contributed by atoms with van der Waals surface area (Å²) in [4.78, 5) is 0. The summed E-state index contributed by atoms with van der Waals surface area (Å²) in [6.07, 6.45) is 13.9. The normalized spacial score (nSPS) is 12.5. The second-order valence-electron chi connectivity index (χ2n) is 7.57. The van der Waals surface area contributed by atoms with Gasteiger partial charge in [0.2, 0.25) is 0 Å². The monoisotopic (exact) mass is 344 g/mol. The Morgan fingerprint density at radius 2 is 0.913 bits per heavy atom. The smallest absolute Gasteiger partial charge is 0.338 e. The first-order valence-corrected chi connectivity index (χ1v) is 12.5. The van der Waals surface area contributed by atoms with E-state index in [1.54, 1.807) is 0 Å². The highest BCUT2D eigenvalue weighted by molar-refractivity contribution is 6.67. The highest BCUT2D eigenvalue weighted by atomic mass is 28.4. The Morgan fingerprint density at radius 1 is 0.565 bits per heavy atom. The van der Waals surface area contributed by atoms with Crippen molar-refractivity contribution in [3.05, 3.63) is 0 Å². The highest BCUT2D eigenvalue weighted by Gasteiger charge is 2.38. The van der Waals surface area contributed by atoms with Crippen molar-refractivity contribution >= 4 is 8.56 Å². The average molecular weight is 345 g/mol. The van der Waals surface area contributed by atoms with E-state index in [1.807, 2.05) is 0 Å². The summed E-state index contributed by atoms with van der Waals surface area (Å²) in [5.41, 5.74) is 0. The van der Waals surface area contributed by atoms with Gasteiger partial charge < -0.3 is 8.85 Å². The molecule has 0 aromatic carbocycles. The van der Waals surface area contributed by atoms with Gasteiger partial charge in [-0.15, -0.1) is 0 Å². The Kier molecular flexibility index (Phi) is 14.6. The van der Waals surface area contributed by atoms with Crippen LogP contribution < -0.4 is 0 Å². The zero-order chi connectivity index (χ0) is 17.6. The topological polar surface area (TPSA) is 18.5 Å². The first-order valence-electron chi connectivity index (χ1n) is 10.3. The molecule has 0 aromatic rings. The summed E-state index contributed by atoms with van der Waals surface area (Å²) in [6, 6.07) is 2.36. The Hall–Kier alpha value is 0.137. The Balaban J connectivity index is 4.53. The van der Waals surface area contributed by atoms with E-state index < -0.39 is 8.56 Å². The van der Waals surface area contributed by atoms with Gasteiger partial charge in [0, 0.05) is 12.2 Å².